The van der Waals surface area contributed by atoms with Crippen molar-refractivity contribution in [3.63, 3.8) is 0 Å². The van der Waals surface area contributed by atoms with Gasteiger partial charge in [-0.3, -0.25) is 4.79 Å². The SMILES string of the molecule is O=C(NCCCOCC1CCCO1)c1ccc(-n2cncn2)cc1. The highest BCUT2D eigenvalue weighted by Gasteiger charge is 2.14. The molecule has 0 spiro atoms. The lowest BCUT2D eigenvalue weighted by molar-refractivity contribution is 0.0166. The Morgan fingerprint density at radius 3 is 2.96 bits per heavy atom. The molecule has 1 fully saturated rings. The summed E-state index contributed by atoms with van der Waals surface area (Å²) in [5.41, 5.74) is 1.49. The summed E-state index contributed by atoms with van der Waals surface area (Å²) in [7, 11) is 0. The predicted octanol–water partition coefficient (Wildman–Crippen LogP) is 1.58. The highest BCUT2D eigenvalue weighted by Crippen LogP contribution is 2.12. The second-order valence-corrected chi connectivity index (χ2v) is 5.71. The normalized spacial score (nSPS) is 17.1. The number of hydrogen-bond donors (Lipinski definition) is 1. The molecule has 1 amide bonds. The zero-order chi connectivity index (χ0) is 16.6. The van der Waals surface area contributed by atoms with Crippen molar-refractivity contribution in [2.75, 3.05) is 26.4 Å². The van der Waals surface area contributed by atoms with E-state index >= 15 is 0 Å². The molecular weight excluding hydrogens is 308 g/mol. The first-order valence-corrected chi connectivity index (χ1v) is 8.25. The zero-order valence-electron chi connectivity index (χ0n) is 13.6. The van der Waals surface area contributed by atoms with Crippen molar-refractivity contribution in [1.82, 2.24) is 20.1 Å². The second kappa shape index (κ2) is 8.56. The number of nitrogens with zero attached hydrogens (tertiary/aromatic N) is 3. The molecule has 24 heavy (non-hydrogen) atoms. The minimum atomic E-state index is -0.0840. The molecular formula is C17H22N4O3. The molecule has 0 bridgehead atoms. The lowest BCUT2D eigenvalue weighted by Crippen LogP contribution is -2.25. The van der Waals surface area contributed by atoms with E-state index in [0.717, 1.165) is 31.6 Å². The number of rotatable bonds is 8. The summed E-state index contributed by atoms with van der Waals surface area (Å²) in [6, 6.07) is 7.24. The van der Waals surface area contributed by atoms with Crippen molar-refractivity contribution in [3.8, 4) is 5.69 Å². The van der Waals surface area contributed by atoms with Gasteiger partial charge >= 0.3 is 0 Å². The number of aromatic nitrogens is 3. The first kappa shape index (κ1) is 16.6. The average Bonchev–Trinajstić information content (AvgIpc) is 3.31. The minimum absolute atomic E-state index is 0.0840. The van der Waals surface area contributed by atoms with Crippen LogP contribution in [0.4, 0.5) is 0 Å². The Kier molecular flexibility index (Phi) is 5.92. The summed E-state index contributed by atoms with van der Waals surface area (Å²) in [5, 5.41) is 6.95. The van der Waals surface area contributed by atoms with Crippen LogP contribution in [0.15, 0.2) is 36.9 Å². The van der Waals surface area contributed by atoms with E-state index in [0.29, 0.717) is 25.3 Å². The Labute approximate surface area is 141 Å². The first-order chi connectivity index (χ1) is 11.8. The molecule has 7 nitrogen and oxygen atoms in total. The highest BCUT2D eigenvalue weighted by molar-refractivity contribution is 5.94. The molecule has 1 saturated heterocycles. The van der Waals surface area contributed by atoms with Crippen LogP contribution in [0.25, 0.3) is 5.69 Å². The molecule has 1 aliphatic rings. The van der Waals surface area contributed by atoms with Gasteiger partial charge in [0.1, 0.15) is 12.7 Å². The van der Waals surface area contributed by atoms with E-state index < -0.39 is 0 Å². The summed E-state index contributed by atoms with van der Waals surface area (Å²) in [6.07, 6.45) is 6.34. The lowest BCUT2D eigenvalue weighted by atomic mass is 10.2. The van der Waals surface area contributed by atoms with Crippen LogP contribution in [0.3, 0.4) is 0 Å². The highest BCUT2D eigenvalue weighted by atomic mass is 16.5. The summed E-state index contributed by atoms with van der Waals surface area (Å²) in [4.78, 5) is 16.0. The zero-order valence-corrected chi connectivity index (χ0v) is 13.6. The number of hydrogen-bond acceptors (Lipinski definition) is 5. The van der Waals surface area contributed by atoms with E-state index in [1.54, 1.807) is 23.1 Å². The van der Waals surface area contributed by atoms with Gasteiger partial charge in [0, 0.05) is 25.3 Å². The fraction of sp³-hybridized carbons (Fsp3) is 0.471. The van der Waals surface area contributed by atoms with Gasteiger partial charge in [-0.15, -0.1) is 0 Å². The monoisotopic (exact) mass is 330 g/mol. The van der Waals surface area contributed by atoms with Gasteiger partial charge in [0.25, 0.3) is 5.91 Å². The first-order valence-electron chi connectivity index (χ1n) is 8.25. The van der Waals surface area contributed by atoms with Gasteiger partial charge in [0.15, 0.2) is 0 Å². The van der Waals surface area contributed by atoms with Crippen LogP contribution in [0.1, 0.15) is 29.6 Å². The summed E-state index contributed by atoms with van der Waals surface area (Å²) in [6.45, 7) is 2.72. The fourth-order valence-corrected chi connectivity index (χ4v) is 2.58. The van der Waals surface area contributed by atoms with Gasteiger partial charge in [0.2, 0.25) is 0 Å². The van der Waals surface area contributed by atoms with Gasteiger partial charge in [-0.2, -0.15) is 5.10 Å². The molecule has 1 aliphatic heterocycles. The average molecular weight is 330 g/mol. The molecule has 1 aromatic carbocycles. The molecule has 2 aromatic rings. The Balaban J connectivity index is 1.34. The van der Waals surface area contributed by atoms with Crippen LogP contribution < -0.4 is 5.32 Å². The Hall–Kier alpha value is -2.25. The van der Waals surface area contributed by atoms with Crippen molar-refractivity contribution in [3.05, 3.63) is 42.5 Å². The van der Waals surface area contributed by atoms with Crippen LogP contribution in [0, 0.1) is 0 Å². The predicted molar refractivity (Wildman–Crippen MR) is 88.1 cm³/mol. The van der Waals surface area contributed by atoms with Gasteiger partial charge in [-0.05, 0) is 43.5 Å². The maximum absolute atomic E-state index is 12.1. The summed E-state index contributed by atoms with van der Waals surface area (Å²) < 4.78 is 12.7. The summed E-state index contributed by atoms with van der Waals surface area (Å²) >= 11 is 0. The molecule has 1 atom stereocenters. The molecule has 0 saturated carbocycles. The molecule has 3 rings (SSSR count). The van der Waals surface area contributed by atoms with Gasteiger partial charge in [0.05, 0.1) is 18.4 Å². The van der Waals surface area contributed by atoms with E-state index in [9.17, 15) is 4.79 Å². The third kappa shape index (κ3) is 4.62. The number of benzene rings is 1. The Morgan fingerprint density at radius 1 is 1.38 bits per heavy atom. The molecule has 7 heteroatoms. The number of carbonyl (C=O) groups is 1. The number of ether oxygens (including phenoxy) is 2. The van der Waals surface area contributed by atoms with Crippen LogP contribution in [0.5, 0.6) is 0 Å². The Bertz CT molecular complexity index is 622. The van der Waals surface area contributed by atoms with Crippen LogP contribution >= 0.6 is 0 Å². The topological polar surface area (TPSA) is 78.3 Å². The van der Waals surface area contributed by atoms with Crippen molar-refractivity contribution >= 4 is 5.91 Å². The van der Waals surface area contributed by atoms with Crippen molar-refractivity contribution in [2.45, 2.75) is 25.4 Å². The van der Waals surface area contributed by atoms with E-state index in [-0.39, 0.29) is 12.0 Å². The summed E-state index contributed by atoms with van der Waals surface area (Å²) in [5.74, 6) is -0.0840. The Morgan fingerprint density at radius 2 is 2.25 bits per heavy atom. The molecule has 1 N–H and O–H groups in total. The molecule has 1 unspecified atom stereocenters. The molecule has 0 radical (unpaired) electrons. The minimum Gasteiger partial charge on any atom is -0.379 e. The fourth-order valence-electron chi connectivity index (χ4n) is 2.58. The van der Waals surface area contributed by atoms with E-state index in [1.165, 1.54) is 6.33 Å². The third-order valence-corrected chi connectivity index (χ3v) is 3.89. The van der Waals surface area contributed by atoms with Crippen LogP contribution in [-0.2, 0) is 9.47 Å². The molecule has 0 aliphatic carbocycles. The van der Waals surface area contributed by atoms with Crippen molar-refractivity contribution < 1.29 is 14.3 Å². The maximum Gasteiger partial charge on any atom is 0.251 e. The molecule has 128 valence electrons. The number of carbonyl (C=O) groups excluding carboxylic acids is 1. The van der Waals surface area contributed by atoms with Gasteiger partial charge in [-0.25, -0.2) is 9.67 Å². The van der Waals surface area contributed by atoms with Gasteiger partial charge in [-0.1, -0.05) is 0 Å². The second-order valence-electron chi connectivity index (χ2n) is 5.71. The lowest BCUT2D eigenvalue weighted by Gasteiger charge is -2.10. The quantitative estimate of drug-likeness (QED) is 0.744. The standard InChI is InChI=1S/C17H22N4O3/c22-17(19-8-2-9-23-11-16-3-1-10-24-16)14-4-6-15(7-5-14)21-13-18-12-20-21/h4-7,12-13,16H,1-3,8-11H2,(H,19,22). The smallest absolute Gasteiger partial charge is 0.251 e. The van der Waals surface area contributed by atoms with Crippen molar-refractivity contribution in [1.29, 1.82) is 0 Å². The van der Waals surface area contributed by atoms with E-state index in [4.69, 9.17) is 9.47 Å². The maximum atomic E-state index is 12.1. The van der Waals surface area contributed by atoms with Crippen molar-refractivity contribution in [2.24, 2.45) is 0 Å². The third-order valence-electron chi connectivity index (χ3n) is 3.89. The van der Waals surface area contributed by atoms with Gasteiger partial charge < -0.3 is 14.8 Å². The van der Waals surface area contributed by atoms with E-state index in [2.05, 4.69) is 15.4 Å². The van der Waals surface area contributed by atoms with Crippen LogP contribution in [-0.4, -0.2) is 53.1 Å². The molecule has 2 heterocycles. The number of amides is 1. The largest absolute Gasteiger partial charge is 0.379 e. The van der Waals surface area contributed by atoms with Crippen LogP contribution in [0.2, 0.25) is 0 Å². The molecule has 1 aromatic heterocycles. The number of nitrogens with one attached hydrogen (secondary N) is 1. The van der Waals surface area contributed by atoms with E-state index in [1.807, 2.05) is 12.1 Å².